The molecular weight excluding hydrogens is 365 g/mol. The van der Waals surface area contributed by atoms with Gasteiger partial charge in [-0.15, -0.1) is 11.3 Å². The lowest BCUT2D eigenvalue weighted by Crippen LogP contribution is -2.31. The number of ether oxygens (including phenoxy) is 1. The molecule has 1 heterocycles. The summed E-state index contributed by atoms with van der Waals surface area (Å²) < 4.78 is 20.0. The van der Waals surface area contributed by atoms with Gasteiger partial charge in [-0.25, -0.2) is 4.39 Å². The van der Waals surface area contributed by atoms with E-state index in [0.29, 0.717) is 5.75 Å². The van der Waals surface area contributed by atoms with E-state index in [-0.39, 0.29) is 17.2 Å². The lowest BCUT2D eigenvalue weighted by molar-refractivity contribution is 0.174. The number of rotatable bonds is 5. The average Bonchev–Trinajstić information content (AvgIpc) is 2.83. The van der Waals surface area contributed by atoms with Gasteiger partial charge in [0.1, 0.15) is 17.7 Å². The molecule has 2 aromatic rings. The number of benzene rings is 1. The Labute approximate surface area is 134 Å². The first-order chi connectivity index (χ1) is 9.51. The van der Waals surface area contributed by atoms with Gasteiger partial charge in [0.25, 0.3) is 0 Å². The Bertz CT molecular complexity index is 592. The van der Waals surface area contributed by atoms with E-state index in [4.69, 9.17) is 22.1 Å². The second-order valence-corrected chi connectivity index (χ2v) is 6.62. The second kappa shape index (κ2) is 6.89. The standard InChI is InChI=1S/C14H14BrClFNOS/c1-2-11(18)14(13-5-8(15)7-20-13)19-12-4-3-9(17)6-10(12)16/h3-7,11,14H,2,18H2,1H3. The van der Waals surface area contributed by atoms with Gasteiger partial charge in [-0.2, -0.15) is 0 Å². The molecule has 0 amide bonds. The maximum Gasteiger partial charge on any atom is 0.148 e. The van der Waals surface area contributed by atoms with Crippen molar-refractivity contribution in [1.82, 2.24) is 0 Å². The van der Waals surface area contributed by atoms with E-state index in [9.17, 15) is 4.39 Å². The molecule has 0 aliphatic carbocycles. The third-order valence-corrected chi connectivity index (χ3v) is 4.93. The van der Waals surface area contributed by atoms with Crippen molar-refractivity contribution < 1.29 is 9.13 Å². The normalized spacial score (nSPS) is 14.1. The second-order valence-electron chi connectivity index (χ2n) is 4.35. The molecule has 0 radical (unpaired) electrons. The van der Waals surface area contributed by atoms with Crippen molar-refractivity contribution in [2.45, 2.75) is 25.5 Å². The molecule has 6 heteroatoms. The van der Waals surface area contributed by atoms with Crippen molar-refractivity contribution in [2.75, 3.05) is 0 Å². The predicted molar refractivity (Wildman–Crippen MR) is 85.1 cm³/mol. The Hall–Kier alpha value is -0.620. The molecular formula is C14H14BrClFNOS. The quantitative estimate of drug-likeness (QED) is 0.780. The van der Waals surface area contributed by atoms with Crippen molar-refractivity contribution in [1.29, 1.82) is 0 Å². The third-order valence-electron chi connectivity index (χ3n) is 2.88. The molecule has 0 fully saturated rings. The molecule has 2 N–H and O–H groups in total. The fourth-order valence-electron chi connectivity index (χ4n) is 1.76. The highest BCUT2D eigenvalue weighted by Gasteiger charge is 2.23. The highest BCUT2D eigenvalue weighted by atomic mass is 79.9. The number of hydrogen-bond acceptors (Lipinski definition) is 3. The summed E-state index contributed by atoms with van der Waals surface area (Å²) in [5.74, 6) is 0.0454. The molecule has 0 spiro atoms. The molecule has 2 nitrogen and oxygen atoms in total. The average molecular weight is 379 g/mol. The van der Waals surface area contributed by atoms with Gasteiger partial charge in [0.15, 0.2) is 0 Å². The first kappa shape index (κ1) is 15.8. The zero-order chi connectivity index (χ0) is 14.7. The van der Waals surface area contributed by atoms with Crippen molar-refractivity contribution in [3.8, 4) is 5.75 Å². The van der Waals surface area contributed by atoms with Crippen LogP contribution in [0.1, 0.15) is 24.3 Å². The topological polar surface area (TPSA) is 35.2 Å². The fraction of sp³-hybridized carbons (Fsp3) is 0.286. The van der Waals surface area contributed by atoms with Crippen LogP contribution in [-0.4, -0.2) is 6.04 Å². The Morgan fingerprint density at radius 2 is 2.20 bits per heavy atom. The summed E-state index contributed by atoms with van der Waals surface area (Å²) in [5, 5.41) is 2.22. The molecule has 0 bridgehead atoms. The Balaban J connectivity index is 2.28. The van der Waals surface area contributed by atoms with Gasteiger partial charge >= 0.3 is 0 Å². The lowest BCUT2D eigenvalue weighted by Gasteiger charge is -2.23. The highest BCUT2D eigenvalue weighted by molar-refractivity contribution is 9.10. The first-order valence-corrected chi connectivity index (χ1v) is 8.17. The molecule has 108 valence electrons. The van der Waals surface area contributed by atoms with Crippen LogP contribution in [0, 0.1) is 5.82 Å². The van der Waals surface area contributed by atoms with E-state index in [0.717, 1.165) is 15.8 Å². The van der Waals surface area contributed by atoms with Crippen LogP contribution < -0.4 is 10.5 Å². The van der Waals surface area contributed by atoms with E-state index in [2.05, 4.69) is 15.9 Å². The van der Waals surface area contributed by atoms with Crippen LogP contribution in [0.15, 0.2) is 34.1 Å². The summed E-state index contributed by atoms with van der Waals surface area (Å²) in [5.41, 5.74) is 6.14. The number of hydrogen-bond donors (Lipinski definition) is 1. The summed E-state index contributed by atoms with van der Waals surface area (Å²) in [6.07, 6.45) is 0.457. The summed E-state index contributed by atoms with van der Waals surface area (Å²) in [6, 6.07) is 5.88. The van der Waals surface area contributed by atoms with Crippen molar-refractivity contribution in [3.63, 3.8) is 0 Å². The summed E-state index contributed by atoms with van der Waals surface area (Å²) in [4.78, 5) is 1.01. The van der Waals surface area contributed by atoms with Gasteiger partial charge in [0.2, 0.25) is 0 Å². The Morgan fingerprint density at radius 3 is 2.75 bits per heavy atom. The summed E-state index contributed by atoms with van der Waals surface area (Å²) in [6.45, 7) is 2.00. The predicted octanol–water partition coefficient (Wildman–Crippen LogP) is 5.16. The van der Waals surface area contributed by atoms with Gasteiger partial charge < -0.3 is 10.5 Å². The van der Waals surface area contributed by atoms with Crippen LogP contribution in [0.2, 0.25) is 5.02 Å². The molecule has 0 aliphatic rings. The van der Waals surface area contributed by atoms with E-state index in [1.165, 1.54) is 18.2 Å². The molecule has 2 unspecified atom stereocenters. The van der Waals surface area contributed by atoms with Crippen LogP contribution in [0.3, 0.4) is 0 Å². The molecule has 0 aliphatic heterocycles. The minimum Gasteiger partial charge on any atom is -0.482 e. The van der Waals surface area contributed by atoms with Crippen molar-refractivity contribution in [2.24, 2.45) is 5.73 Å². The minimum absolute atomic E-state index is 0.165. The fourth-order valence-corrected chi connectivity index (χ4v) is 3.51. The van der Waals surface area contributed by atoms with E-state index < -0.39 is 5.82 Å². The maximum absolute atomic E-state index is 13.1. The molecule has 1 aromatic carbocycles. The van der Waals surface area contributed by atoms with E-state index in [1.807, 2.05) is 18.4 Å². The molecule has 0 saturated carbocycles. The zero-order valence-electron chi connectivity index (χ0n) is 10.8. The van der Waals surface area contributed by atoms with E-state index in [1.54, 1.807) is 11.3 Å². The SMILES string of the molecule is CCC(N)C(Oc1ccc(F)cc1Cl)c1cc(Br)cs1. The minimum atomic E-state index is -0.391. The van der Waals surface area contributed by atoms with Crippen LogP contribution >= 0.6 is 38.9 Å². The van der Waals surface area contributed by atoms with E-state index >= 15 is 0 Å². The van der Waals surface area contributed by atoms with Crippen LogP contribution in [-0.2, 0) is 0 Å². The molecule has 1 aromatic heterocycles. The first-order valence-electron chi connectivity index (χ1n) is 6.12. The maximum atomic E-state index is 13.1. The van der Waals surface area contributed by atoms with Gasteiger partial charge in [-0.3, -0.25) is 0 Å². The Kier molecular flexibility index (Phi) is 5.43. The number of nitrogens with two attached hydrogens (primary N) is 1. The Morgan fingerprint density at radius 1 is 1.45 bits per heavy atom. The van der Waals surface area contributed by atoms with Gasteiger partial charge in [0, 0.05) is 20.8 Å². The summed E-state index contributed by atoms with van der Waals surface area (Å²) in [7, 11) is 0. The summed E-state index contributed by atoms with van der Waals surface area (Å²) >= 11 is 11.0. The van der Waals surface area contributed by atoms with Crippen LogP contribution in [0.25, 0.3) is 0 Å². The highest BCUT2D eigenvalue weighted by Crippen LogP contribution is 2.34. The van der Waals surface area contributed by atoms with Crippen LogP contribution in [0.4, 0.5) is 4.39 Å². The largest absolute Gasteiger partial charge is 0.482 e. The zero-order valence-corrected chi connectivity index (χ0v) is 13.9. The monoisotopic (exact) mass is 377 g/mol. The van der Waals surface area contributed by atoms with Crippen LogP contribution in [0.5, 0.6) is 5.75 Å². The molecule has 2 atom stereocenters. The van der Waals surface area contributed by atoms with Gasteiger partial charge in [0.05, 0.1) is 5.02 Å². The molecule has 2 rings (SSSR count). The van der Waals surface area contributed by atoms with Gasteiger partial charge in [-0.1, -0.05) is 18.5 Å². The smallest absolute Gasteiger partial charge is 0.148 e. The van der Waals surface area contributed by atoms with Crippen molar-refractivity contribution in [3.05, 3.63) is 49.8 Å². The molecule has 0 saturated heterocycles. The lowest BCUT2D eigenvalue weighted by atomic mass is 10.1. The van der Waals surface area contributed by atoms with Crippen molar-refractivity contribution >= 4 is 38.9 Å². The number of thiophene rings is 1. The third kappa shape index (κ3) is 3.73. The number of halogens is 3. The van der Waals surface area contributed by atoms with Gasteiger partial charge in [-0.05, 0) is 46.6 Å². The molecule has 20 heavy (non-hydrogen) atoms.